The summed E-state index contributed by atoms with van der Waals surface area (Å²) in [6.07, 6.45) is 2.86. The summed E-state index contributed by atoms with van der Waals surface area (Å²) in [6.45, 7) is 0. The molecule has 0 atom stereocenters. The first-order chi connectivity index (χ1) is 5.25. The van der Waals surface area contributed by atoms with Crippen LogP contribution in [0.25, 0.3) is 0 Å². The van der Waals surface area contributed by atoms with Gasteiger partial charge in [0.2, 0.25) is 0 Å². The van der Waals surface area contributed by atoms with Crippen molar-refractivity contribution in [3.05, 3.63) is 12.4 Å². The summed E-state index contributed by atoms with van der Waals surface area (Å²) < 4.78 is 1.07. The molecule has 1 rings (SSSR count). The molecule has 0 saturated carbocycles. The smallest absolute Gasteiger partial charge is 0.273 e. The molecular weight excluding hydrogens is 148 g/mol. The molecule has 1 aromatic heterocycles. The Hall–Kier alpha value is -1.43. The highest BCUT2D eigenvalue weighted by molar-refractivity contribution is 5.74. The van der Waals surface area contributed by atoms with E-state index in [4.69, 9.17) is 0 Å². The maximum Gasteiger partial charge on any atom is 0.369 e. The zero-order valence-corrected chi connectivity index (χ0v) is 6.26. The number of nitrogens with zero attached hydrogens (tertiary/aromatic N) is 4. The predicted octanol–water partition coefficient (Wildman–Crippen LogP) is -0.261. The van der Waals surface area contributed by atoms with Crippen LogP contribution in [0.3, 0.4) is 0 Å². The number of hydroxylamine groups is 2. The van der Waals surface area contributed by atoms with Crippen LogP contribution in [0.1, 0.15) is 0 Å². The summed E-state index contributed by atoms with van der Waals surface area (Å²) in [5, 5.41) is 8.00. The normalized spacial score (nSPS) is 9.64. The topological polar surface area (TPSA) is 60.2 Å². The number of amides is 1. The minimum absolute atomic E-state index is 0.384. The predicted molar refractivity (Wildman–Crippen MR) is 35.6 cm³/mol. The molecule has 0 N–H and O–H groups in total. The molecule has 0 radical (unpaired) electrons. The van der Waals surface area contributed by atoms with Gasteiger partial charge in [-0.2, -0.15) is 4.68 Å². The van der Waals surface area contributed by atoms with Gasteiger partial charge in [-0.15, -0.1) is 5.10 Å². The van der Waals surface area contributed by atoms with Gasteiger partial charge in [0, 0.05) is 7.05 Å². The van der Waals surface area contributed by atoms with Crippen LogP contribution in [-0.2, 0) is 4.84 Å². The number of carbonyl (C=O) groups is 1. The molecule has 60 valence electrons. The van der Waals surface area contributed by atoms with Gasteiger partial charge in [-0.25, -0.2) is 9.86 Å². The van der Waals surface area contributed by atoms with Crippen LogP contribution in [-0.4, -0.2) is 40.2 Å². The molecular formula is C5H8N4O2. The molecule has 0 aromatic carbocycles. The van der Waals surface area contributed by atoms with Crippen LogP contribution in [0, 0.1) is 0 Å². The van der Waals surface area contributed by atoms with Crippen molar-refractivity contribution < 1.29 is 9.63 Å². The van der Waals surface area contributed by atoms with E-state index in [0.717, 1.165) is 9.75 Å². The van der Waals surface area contributed by atoms with Gasteiger partial charge in [-0.3, -0.25) is 4.84 Å². The van der Waals surface area contributed by atoms with Gasteiger partial charge in [0.25, 0.3) is 0 Å². The average Bonchev–Trinajstić information content (AvgIpc) is 2.53. The molecule has 0 spiro atoms. The van der Waals surface area contributed by atoms with Crippen molar-refractivity contribution in [2.45, 2.75) is 0 Å². The van der Waals surface area contributed by atoms with Crippen LogP contribution in [0.4, 0.5) is 4.79 Å². The highest BCUT2D eigenvalue weighted by Crippen LogP contribution is 1.89. The molecule has 0 fully saturated rings. The maximum absolute atomic E-state index is 11.1. The lowest BCUT2D eigenvalue weighted by molar-refractivity contribution is -0.0653. The van der Waals surface area contributed by atoms with Gasteiger partial charge < -0.3 is 0 Å². The first-order valence-electron chi connectivity index (χ1n) is 2.94. The third-order valence-electron chi connectivity index (χ3n) is 1.16. The molecule has 0 saturated heterocycles. The standard InChI is InChI=1S/C5H8N4O2/c1-8(11-2)5(10)9-4-3-6-7-9/h3-4H,1-2H3. The minimum Gasteiger partial charge on any atom is -0.273 e. The fourth-order valence-electron chi connectivity index (χ4n) is 0.533. The Bertz CT molecular complexity index is 233. The first-order valence-corrected chi connectivity index (χ1v) is 2.94. The summed E-state index contributed by atoms with van der Waals surface area (Å²) >= 11 is 0. The third kappa shape index (κ3) is 1.53. The molecule has 1 heterocycles. The molecule has 1 aromatic rings. The third-order valence-corrected chi connectivity index (χ3v) is 1.16. The zero-order chi connectivity index (χ0) is 8.27. The molecule has 0 unspecified atom stereocenters. The van der Waals surface area contributed by atoms with E-state index >= 15 is 0 Å². The zero-order valence-electron chi connectivity index (χ0n) is 6.26. The number of carbonyl (C=O) groups excluding carboxylic acids is 1. The van der Waals surface area contributed by atoms with Crippen LogP contribution in [0.5, 0.6) is 0 Å². The van der Waals surface area contributed by atoms with E-state index < -0.39 is 0 Å². The van der Waals surface area contributed by atoms with E-state index in [0.29, 0.717) is 0 Å². The second kappa shape index (κ2) is 3.11. The van der Waals surface area contributed by atoms with Gasteiger partial charge in [0.05, 0.1) is 19.5 Å². The first kappa shape index (κ1) is 7.67. The largest absolute Gasteiger partial charge is 0.369 e. The maximum atomic E-state index is 11.1. The van der Waals surface area contributed by atoms with Crippen LogP contribution < -0.4 is 0 Å². The number of hydrogen-bond donors (Lipinski definition) is 0. The molecule has 11 heavy (non-hydrogen) atoms. The van der Waals surface area contributed by atoms with Gasteiger partial charge in [-0.05, 0) is 0 Å². The van der Waals surface area contributed by atoms with Gasteiger partial charge in [0.1, 0.15) is 0 Å². The Kier molecular flexibility index (Phi) is 2.17. The second-order valence-corrected chi connectivity index (χ2v) is 1.81. The van der Waals surface area contributed by atoms with Crippen molar-refractivity contribution in [1.29, 1.82) is 0 Å². The van der Waals surface area contributed by atoms with E-state index in [1.807, 2.05) is 0 Å². The highest BCUT2D eigenvalue weighted by atomic mass is 16.7. The highest BCUT2D eigenvalue weighted by Gasteiger charge is 2.09. The fraction of sp³-hybridized carbons (Fsp3) is 0.400. The number of rotatable bonds is 1. The Morgan fingerprint density at radius 2 is 2.45 bits per heavy atom. The number of hydrogen-bond acceptors (Lipinski definition) is 4. The van der Waals surface area contributed by atoms with E-state index in [9.17, 15) is 4.79 Å². The van der Waals surface area contributed by atoms with Gasteiger partial charge in [-0.1, -0.05) is 5.21 Å². The lowest BCUT2D eigenvalue weighted by Crippen LogP contribution is -2.30. The Morgan fingerprint density at radius 3 is 2.91 bits per heavy atom. The molecule has 0 aliphatic rings. The lowest BCUT2D eigenvalue weighted by atomic mass is 10.8. The van der Waals surface area contributed by atoms with Crippen LogP contribution >= 0.6 is 0 Å². The van der Waals surface area contributed by atoms with Crippen molar-refractivity contribution in [2.75, 3.05) is 14.2 Å². The Morgan fingerprint density at radius 1 is 1.73 bits per heavy atom. The molecule has 0 aliphatic heterocycles. The summed E-state index contributed by atoms with van der Waals surface area (Å²) in [5.74, 6) is 0. The van der Waals surface area contributed by atoms with E-state index in [-0.39, 0.29) is 6.03 Å². The average molecular weight is 156 g/mol. The fourth-order valence-corrected chi connectivity index (χ4v) is 0.533. The van der Waals surface area contributed by atoms with E-state index in [1.165, 1.54) is 26.6 Å². The summed E-state index contributed by atoms with van der Waals surface area (Å²) in [4.78, 5) is 15.7. The van der Waals surface area contributed by atoms with Crippen LogP contribution in [0.2, 0.25) is 0 Å². The second-order valence-electron chi connectivity index (χ2n) is 1.81. The Balaban J connectivity index is 2.70. The monoisotopic (exact) mass is 156 g/mol. The van der Waals surface area contributed by atoms with Gasteiger partial charge >= 0.3 is 6.03 Å². The molecule has 6 nitrogen and oxygen atoms in total. The summed E-state index contributed by atoms with van der Waals surface area (Å²) in [7, 11) is 2.89. The van der Waals surface area contributed by atoms with Crippen molar-refractivity contribution in [3.63, 3.8) is 0 Å². The van der Waals surface area contributed by atoms with Crippen molar-refractivity contribution in [3.8, 4) is 0 Å². The van der Waals surface area contributed by atoms with E-state index in [1.54, 1.807) is 0 Å². The summed E-state index contributed by atoms with van der Waals surface area (Å²) in [5.41, 5.74) is 0. The Labute approximate surface area is 63.3 Å². The van der Waals surface area contributed by atoms with E-state index in [2.05, 4.69) is 15.1 Å². The lowest BCUT2D eigenvalue weighted by Gasteiger charge is -2.11. The molecule has 0 bridgehead atoms. The molecule has 6 heteroatoms. The minimum atomic E-state index is -0.384. The summed E-state index contributed by atoms with van der Waals surface area (Å²) in [6, 6.07) is -0.384. The molecule has 1 amide bonds. The van der Waals surface area contributed by atoms with Crippen molar-refractivity contribution in [1.82, 2.24) is 20.1 Å². The quantitative estimate of drug-likeness (QED) is 0.525. The SMILES string of the molecule is CON(C)C(=O)n1ccnn1. The number of aromatic nitrogens is 3. The van der Waals surface area contributed by atoms with Crippen molar-refractivity contribution >= 4 is 6.03 Å². The van der Waals surface area contributed by atoms with Gasteiger partial charge in [0.15, 0.2) is 0 Å². The molecule has 0 aliphatic carbocycles. The van der Waals surface area contributed by atoms with Crippen molar-refractivity contribution in [2.24, 2.45) is 0 Å². The van der Waals surface area contributed by atoms with Crippen LogP contribution in [0.15, 0.2) is 12.4 Å².